The van der Waals surface area contributed by atoms with Crippen LogP contribution in [-0.2, 0) is 6.54 Å². The molecule has 1 saturated carbocycles. The van der Waals surface area contributed by atoms with E-state index in [1.54, 1.807) is 12.5 Å². The van der Waals surface area contributed by atoms with Crippen molar-refractivity contribution in [3.8, 4) is 11.3 Å². The first-order valence-corrected chi connectivity index (χ1v) is 9.69. The molecule has 1 aliphatic carbocycles. The van der Waals surface area contributed by atoms with Gasteiger partial charge in [-0.15, -0.1) is 0 Å². The lowest BCUT2D eigenvalue weighted by molar-refractivity contribution is 0.0950. The van der Waals surface area contributed by atoms with Gasteiger partial charge in [0.2, 0.25) is 0 Å². The van der Waals surface area contributed by atoms with E-state index in [1.165, 1.54) is 0 Å². The van der Waals surface area contributed by atoms with Crippen molar-refractivity contribution in [2.45, 2.75) is 32.4 Å². The van der Waals surface area contributed by atoms with Gasteiger partial charge in [0.15, 0.2) is 11.5 Å². The van der Waals surface area contributed by atoms with Gasteiger partial charge in [0.1, 0.15) is 5.76 Å². The highest BCUT2D eigenvalue weighted by atomic mass is 16.3. The SMILES string of the molecule is Cc1cc(-c2cnc3c(NCc4ccco4)nccn23)ccc1C(=O)NC1CC1. The number of aryl methyl sites for hydroxylation is 1. The summed E-state index contributed by atoms with van der Waals surface area (Å²) < 4.78 is 7.36. The summed E-state index contributed by atoms with van der Waals surface area (Å²) in [7, 11) is 0. The average Bonchev–Trinajstić information content (AvgIpc) is 3.20. The number of fused-ring (bicyclic) bond motifs is 1. The van der Waals surface area contributed by atoms with Crippen molar-refractivity contribution >= 4 is 17.4 Å². The molecule has 0 spiro atoms. The summed E-state index contributed by atoms with van der Waals surface area (Å²) in [6.07, 6.45) is 9.26. The van der Waals surface area contributed by atoms with Gasteiger partial charge in [-0.05, 0) is 49.6 Å². The van der Waals surface area contributed by atoms with Crippen molar-refractivity contribution < 1.29 is 9.21 Å². The van der Waals surface area contributed by atoms with Gasteiger partial charge >= 0.3 is 0 Å². The second kappa shape index (κ2) is 7.09. The Hall–Kier alpha value is -3.61. The number of benzene rings is 1. The molecule has 2 N–H and O–H groups in total. The first-order chi connectivity index (χ1) is 14.2. The molecule has 29 heavy (non-hydrogen) atoms. The highest BCUT2D eigenvalue weighted by molar-refractivity contribution is 5.96. The van der Waals surface area contributed by atoms with Gasteiger partial charge in [-0.25, -0.2) is 9.97 Å². The number of nitrogens with zero attached hydrogens (tertiary/aromatic N) is 3. The van der Waals surface area contributed by atoms with Crippen LogP contribution in [0.25, 0.3) is 16.9 Å². The summed E-state index contributed by atoms with van der Waals surface area (Å²) in [4.78, 5) is 21.4. The molecule has 1 fully saturated rings. The maximum atomic E-state index is 12.4. The highest BCUT2D eigenvalue weighted by Gasteiger charge is 2.24. The van der Waals surface area contributed by atoms with Crippen LogP contribution >= 0.6 is 0 Å². The van der Waals surface area contributed by atoms with Crippen molar-refractivity contribution in [1.29, 1.82) is 0 Å². The van der Waals surface area contributed by atoms with Crippen molar-refractivity contribution in [3.05, 3.63) is 72.1 Å². The van der Waals surface area contributed by atoms with Crippen LogP contribution in [0.2, 0.25) is 0 Å². The van der Waals surface area contributed by atoms with Crippen LogP contribution in [-0.4, -0.2) is 26.3 Å². The van der Waals surface area contributed by atoms with Crippen molar-refractivity contribution in [2.24, 2.45) is 0 Å². The third kappa shape index (κ3) is 3.47. The fourth-order valence-electron chi connectivity index (χ4n) is 3.41. The summed E-state index contributed by atoms with van der Waals surface area (Å²) in [5.41, 5.74) is 4.35. The normalized spacial score (nSPS) is 13.6. The molecule has 1 aliphatic rings. The maximum absolute atomic E-state index is 12.4. The lowest BCUT2D eigenvalue weighted by Crippen LogP contribution is -2.26. The van der Waals surface area contributed by atoms with Crippen LogP contribution in [0.4, 0.5) is 5.82 Å². The van der Waals surface area contributed by atoms with Gasteiger partial charge in [-0.1, -0.05) is 6.07 Å². The number of hydrogen-bond donors (Lipinski definition) is 2. The van der Waals surface area contributed by atoms with E-state index in [4.69, 9.17) is 4.42 Å². The minimum Gasteiger partial charge on any atom is -0.467 e. The summed E-state index contributed by atoms with van der Waals surface area (Å²) in [5, 5.41) is 6.32. The molecule has 0 aliphatic heterocycles. The molecule has 0 saturated heterocycles. The van der Waals surface area contributed by atoms with E-state index in [-0.39, 0.29) is 5.91 Å². The first-order valence-electron chi connectivity index (χ1n) is 9.69. The quantitative estimate of drug-likeness (QED) is 0.526. The highest BCUT2D eigenvalue weighted by Crippen LogP contribution is 2.26. The van der Waals surface area contributed by atoms with Crippen molar-refractivity contribution in [3.63, 3.8) is 0 Å². The number of carbonyl (C=O) groups is 1. The second-order valence-corrected chi connectivity index (χ2v) is 7.32. The predicted octanol–water partition coefficient (Wildman–Crippen LogP) is 3.80. The molecule has 0 bridgehead atoms. The molecule has 1 aromatic carbocycles. The van der Waals surface area contributed by atoms with Gasteiger partial charge < -0.3 is 15.1 Å². The van der Waals surface area contributed by atoms with E-state index in [0.717, 1.165) is 46.6 Å². The fraction of sp³-hybridized carbons (Fsp3) is 0.227. The second-order valence-electron chi connectivity index (χ2n) is 7.32. The standard InChI is InChI=1S/C22H21N5O2/c1-14-11-15(4-7-18(14)22(28)26-16-5-6-16)19-13-25-21-20(23-8-9-27(19)21)24-12-17-3-2-10-29-17/h2-4,7-11,13,16H,5-6,12H2,1H3,(H,23,24)(H,26,28). The monoisotopic (exact) mass is 387 g/mol. The van der Waals surface area contributed by atoms with E-state index >= 15 is 0 Å². The predicted molar refractivity (Wildman–Crippen MR) is 110 cm³/mol. The van der Waals surface area contributed by atoms with Crippen molar-refractivity contribution in [1.82, 2.24) is 19.7 Å². The Labute approximate surface area is 167 Å². The average molecular weight is 387 g/mol. The zero-order chi connectivity index (χ0) is 19.8. The number of aromatic nitrogens is 3. The van der Waals surface area contributed by atoms with E-state index in [1.807, 2.05) is 54.0 Å². The van der Waals surface area contributed by atoms with E-state index in [9.17, 15) is 4.79 Å². The van der Waals surface area contributed by atoms with Gasteiger partial charge in [0.05, 0.1) is 24.7 Å². The summed E-state index contributed by atoms with van der Waals surface area (Å²) in [6, 6.07) is 10.00. The molecule has 7 nitrogen and oxygen atoms in total. The summed E-state index contributed by atoms with van der Waals surface area (Å²) in [5.74, 6) is 1.52. The molecule has 4 aromatic rings. The minimum absolute atomic E-state index is 0.00306. The third-order valence-corrected chi connectivity index (χ3v) is 5.12. The molecule has 3 heterocycles. The van der Waals surface area contributed by atoms with Crippen LogP contribution in [0.1, 0.15) is 34.5 Å². The molecule has 7 heteroatoms. The van der Waals surface area contributed by atoms with Crippen LogP contribution in [0.3, 0.4) is 0 Å². The van der Waals surface area contributed by atoms with Gasteiger partial charge in [0.25, 0.3) is 5.91 Å². The Bertz CT molecular complexity index is 1180. The molecule has 0 atom stereocenters. The smallest absolute Gasteiger partial charge is 0.251 e. The van der Waals surface area contributed by atoms with Crippen molar-refractivity contribution in [2.75, 3.05) is 5.32 Å². The largest absolute Gasteiger partial charge is 0.467 e. The molecule has 1 amide bonds. The number of nitrogens with one attached hydrogen (secondary N) is 2. The maximum Gasteiger partial charge on any atom is 0.251 e. The lowest BCUT2D eigenvalue weighted by Gasteiger charge is -2.10. The van der Waals surface area contributed by atoms with E-state index < -0.39 is 0 Å². The number of amides is 1. The third-order valence-electron chi connectivity index (χ3n) is 5.12. The number of carbonyl (C=O) groups excluding carboxylic acids is 1. The summed E-state index contributed by atoms with van der Waals surface area (Å²) >= 11 is 0. The van der Waals surface area contributed by atoms with Gasteiger partial charge in [0, 0.05) is 29.6 Å². The number of anilines is 1. The van der Waals surface area contributed by atoms with E-state index in [2.05, 4.69) is 20.6 Å². The number of hydrogen-bond acceptors (Lipinski definition) is 5. The molecule has 3 aromatic heterocycles. The topological polar surface area (TPSA) is 84.5 Å². The van der Waals surface area contributed by atoms with Crippen LogP contribution in [0.5, 0.6) is 0 Å². The number of imidazole rings is 1. The minimum atomic E-state index is 0.00306. The zero-order valence-corrected chi connectivity index (χ0v) is 16.1. The van der Waals surface area contributed by atoms with Crippen LogP contribution < -0.4 is 10.6 Å². The Kier molecular flexibility index (Phi) is 4.27. The Morgan fingerprint density at radius 1 is 1.28 bits per heavy atom. The Morgan fingerprint density at radius 3 is 2.93 bits per heavy atom. The van der Waals surface area contributed by atoms with Gasteiger partial charge in [-0.3, -0.25) is 9.20 Å². The molecule has 0 unspecified atom stereocenters. The molecule has 5 rings (SSSR count). The molecular formula is C22H21N5O2. The Morgan fingerprint density at radius 2 is 2.17 bits per heavy atom. The van der Waals surface area contributed by atoms with Crippen LogP contribution in [0, 0.1) is 6.92 Å². The molecule has 146 valence electrons. The zero-order valence-electron chi connectivity index (χ0n) is 16.1. The lowest BCUT2D eigenvalue weighted by atomic mass is 10.0. The fourth-order valence-corrected chi connectivity index (χ4v) is 3.41. The summed E-state index contributed by atoms with van der Waals surface area (Å²) in [6.45, 7) is 2.50. The Balaban J connectivity index is 1.43. The van der Waals surface area contributed by atoms with Crippen LogP contribution in [0.15, 0.2) is 59.6 Å². The van der Waals surface area contributed by atoms with E-state index in [0.29, 0.717) is 18.4 Å². The number of rotatable bonds is 6. The first kappa shape index (κ1) is 17.5. The van der Waals surface area contributed by atoms with Gasteiger partial charge in [-0.2, -0.15) is 0 Å². The number of furan rings is 1. The molecular weight excluding hydrogens is 366 g/mol. The molecule has 0 radical (unpaired) electrons.